The van der Waals surface area contributed by atoms with Crippen molar-refractivity contribution < 1.29 is 19.0 Å². The van der Waals surface area contributed by atoms with Crippen molar-refractivity contribution >= 4 is 34.4 Å². The molecule has 2 aliphatic rings. The molecular weight excluding hydrogens is 477 g/mol. The Morgan fingerprint density at radius 3 is 2.84 bits per heavy atom. The first kappa shape index (κ1) is 25.3. The second kappa shape index (κ2) is 11.0. The number of fused-ring (bicyclic) bond motifs is 1. The number of hydrogen-bond donors (Lipinski definition) is 3. The second-order valence-corrected chi connectivity index (χ2v) is 9.84. The highest BCUT2D eigenvalue weighted by atomic mass is 19.1. The zero-order valence-corrected chi connectivity index (χ0v) is 21.2. The molecule has 2 aliphatic heterocycles. The van der Waals surface area contributed by atoms with E-state index in [4.69, 9.17) is 4.74 Å². The molecule has 37 heavy (non-hydrogen) atoms. The number of nitrogens with one attached hydrogen (secondary N) is 2. The molecule has 3 aromatic heterocycles. The van der Waals surface area contributed by atoms with Gasteiger partial charge in [-0.15, -0.1) is 0 Å². The number of aromatic nitrogens is 4. The number of carbonyl (C=O) groups excluding carboxylic acids is 1. The van der Waals surface area contributed by atoms with E-state index < -0.39 is 12.3 Å². The summed E-state index contributed by atoms with van der Waals surface area (Å²) in [6.07, 6.45) is 5.84. The SMILES string of the molecule is CCC(C)n1cc(C(=O)NC2CCOCC2)c2cnc(Nc3ccnc(N4CCC(O)C(F)C4)n3)cc21. The smallest absolute Gasteiger partial charge is 0.253 e. The summed E-state index contributed by atoms with van der Waals surface area (Å²) in [5.74, 6) is 1.40. The maximum Gasteiger partial charge on any atom is 0.253 e. The van der Waals surface area contributed by atoms with Gasteiger partial charge in [0.2, 0.25) is 5.95 Å². The number of pyridine rings is 1. The Bertz CT molecular complexity index is 1250. The van der Waals surface area contributed by atoms with Crippen molar-refractivity contribution in [1.29, 1.82) is 0 Å². The maximum absolute atomic E-state index is 14.0. The van der Waals surface area contributed by atoms with Gasteiger partial charge >= 0.3 is 0 Å². The van der Waals surface area contributed by atoms with E-state index in [0.29, 0.717) is 49.3 Å². The van der Waals surface area contributed by atoms with Crippen molar-refractivity contribution in [2.24, 2.45) is 0 Å². The van der Waals surface area contributed by atoms with Gasteiger partial charge in [0, 0.05) is 61.9 Å². The molecule has 198 valence electrons. The molecule has 11 heteroatoms. The van der Waals surface area contributed by atoms with Crippen molar-refractivity contribution in [1.82, 2.24) is 24.8 Å². The minimum Gasteiger partial charge on any atom is -0.390 e. The van der Waals surface area contributed by atoms with E-state index in [2.05, 4.69) is 44.0 Å². The lowest BCUT2D eigenvalue weighted by atomic mass is 10.1. The predicted molar refractivity (Wildman–Crippen MR) is 139 cm³/mol. The lowest BCUT2D eigenvalue weighted by Gasteiger charge is -2.32. The van der Waals surface area contributed by atoms with E-state index in [-0.39, 0.29) is 24.5 Å². The minimum atomic E-state index is -1.33. The Morgan fingerprint density at radius 2 is 2.08 bits per heavy atom. The molecular formula is C26H34FN7O3. The number of aliphatic hydroxyl groups excluding tert-OH is 1. The summed E-state index contributed by atoms with van der Waals surface area (Å²) < 4.78 is 21.5. The van der Waals surface area contributed by atoms with Gasteiger partial charge in [-0.05, 0) is 38.7 Å². The molecule has 0 aliphatic carbocycles. The first-order valence-corrected chi connectivity index (χ1v) is 13.0. The highest BCUT2D eigenvalue weighted by Crippen LogP contribution is 2.29. The van der Waals surface area contributed by atoms with Crippen molar-refractivity contribution in [3.8, 4) is 0 Å². The first-order valence-electron chi connectivity index (χ1n) is 13.0. The van der Waals surface area contributed by atoms with Crippen molar-refractivity contribution in [2.75, 3.05) is 36.5 Å². The number of nitrogens with zero attached hydrogens (tertiary/aromatic N) is 5. The van der Waals surface area contributed by atoms with E-state index in [9.17, 15) is 14.3 Å². The van der Waals surface area contributed by atoms with Gasteiger partial charge in [0.05, 0.1) is 23.7 Å². The Hall–Kier alpha value is -3.31. The molecule has 0 saturated carbocycles. The van der Waals surface area contributed by atoms with Crippen molar-refractivity contribution in [3.05, 3.63) is 36.3 Å². The Kier molecular flexibility index (Phi) is 7.52. The normalized spacial score (nSPS) is 21.7. The number of carbonyl (C=O) groups is 1. The van der Waals surface area contributed by atoms with Crippen LogP contribution in [0.15, 0.2) is 30.7 Å². The van der Waals surface area contributed by atoms with Crippen LogP contribution in [0.1, 0.15) is 55.9 Å². The summed E-state index contributed by atoms with van der Waals surface area (Å²) in [5, 5.41) is 16.9. The summed E-state index contributed by atoms with van der Waals surface area (Å²) in [6.45, 7) is 6.09. The van der Waals surface area contributed by atoms with E-state index in [0.717, 1.165) is 30.2 Å². The third-order valence-corrected chi connectivity index (χ3v) is 7.27. The van der Waals surface area contributed by atoms with Gasteiger partial charge in [0.1, 0.15) is 17.8 Å². The standard InChI is InChI=1S/C26H34FN7O3/c1-3-16(2)34-14-19(25(36)30-17-6-10-37-11-7-17)18-13-29-24(12-21(18)34)31-23-4-8-28-26(32-23)33-9-5-22(35)20(27)15-33/h4,8,12-14,16-17,20,22,35H,3,5-7,9-11,15H2,1-2H3,(H,30,36)(H,28,29,31,32). The molecule has 10 nitrogen and oxygen atoms in total. The molecule has 2 fully saturated rings. The summed E-state index contributed by atoms with van der Waals surface area (Å²) in [5.41, 5.74) is 1.52. The van der Waals surface area contributed by atoms with Crippen LogP contribution in [-0.2, 0) is 4.74 Å². The number of alkyl halides is 1. The summed E-state index contributed by atoms with van der Waals surface area (Å²) >= 11 is 0. The van der Waals surface area contributed by atoms with Crippen LogP contribution in [0.5, 0.6) is 0 Å². The molecule has 5 rings (SSSR count). The highest BCUT2D eigenvalue weighted by Gasteiger charge is 2.29. The molecule has 0 radical (unpaired) electrons. The highest BCUT2D eigenvalue weighted by molar-refractivity contribution is 6.07. The maximum atomic E-state index is 14.0. The fourth-order valence-electron chi connectivity index (χ4n) is 4.84. The number of hydrogen-bond acceptors (Lipinski definition) is 8. The predicted octanol–water partition coefficient (Wildman–Crippen LogP) is 3.36. The molecule has 3 unspecified atom stereocenters. The largest absolute Gasteiger partial charge is 0.390 e. The molecule has 3 N–H and O–H groups in total. The number of amides is 1. The zero-order chi connectivity index (χ0) is 25.9. The minimum absolute atomic E-state index is 0.0516. The van der Waals surface area contributed by atoms with E-state index in [1.54, 1.807) is 23.4 Å². The monoisotopic (exact) mass is 511 g/mol. The summed E-state index contributed by atoms with van der Waals surface area (Å²) in [6, 6.07) is 3.95. The van der Waals surface area contributed by atoms with Gasteiger partial charge in [-0.1, -0.05) is 6.92 Å². The van der Waals surface area contributed by atoms with Crippen LogP contribution in [0.25, 0.3) is 10.9 Å². The molecule has 0 bridgehead atoms. The second-order valence-electron chi connectivity index (χ2n) is 9.84. The average molecular weight is 512 g/mol. The average Bonchev–Trinajstić information content (AvgIpc) is 3.29. The number of piperidine rings is 1. The Labute approximate surface area is 215 Å². The van der Waals surface area contributed by atoms with Gasteiger partial charge in [-0.3, -0.25) is 4.79 Å². The van der Waals surface area contributed by atoms with E-state index >= 15 is 0 Å². The van der Waals surface area contributed by atoms with Crippen molar-refractivity contribution in [2.45, 2.75) is 63.9 Å². The number of anilines is 3. The van der Waals surface area contributed by atoms with Crippen LogP contribution in [0.3, 0.4) is 0 Å². The van der Waals surface area contributed by atoms with Crippen LogP contribution >= 0.6 is 0 Å². The molecule has 1 amide bonds. The Balaban J connectivity index is 1.39. The lowest BCUT2D eigenvalue weighted by Crippen LogP contribution is -2.45. The molecule has 5 heterocycles. The molecule has 3 aromatic rings. The molecule has 3 atom stereocenters. The number of aliphatic hydroxyl groups is 1. The number of rotatable bonds is 7. The summed E-state index contributed by atoms with van der Waals surface area (Å²) in [7, 11) is 0. The lowest BCUT2D eigenvalue weighted by molar-refractivity contribution is 0.0612. The molecule has 0 spiro atoms. The van der Waals surface area contributed by atoms with Gasteiger partial charge in [0.25, 0.3) is 5.91 Å². The summed E-state index contributed by atoms with van der Waals surface area (Å²) in [4.78, 5) is 28.3. The van der Waals surface area contributed by atoms with Crippen LogP contribution in [0, 0.1) is 0 Å². The van der Waals surface area contributed by atoms with Crippen LogP contribution in [-0.4, -0.2) is 75.2 Å². The van der Waals surface area contributed by atoms with Crippen LogP contribution in [0.2, 0.25) is 0 Å². The number of ether oxygens (including phenoxy) is 1. The third-order valence-electron chi connectivity index (χ3n) is 7.27. The zero-order valence-electron chi connectivity index (χ0n) is 21.2. The molecule has 2 saturated heterocycles. The molecule has 0 aromatic carbocycles. The van der Waals surface area contributed by atoms with Gasteiger partial charge in [-0.2, -0.15) is 4.98 Å². The van der Waals surface area contributed by atoms with Gasteiger partial charge in [-0.25, -0.2) is 14.4 Å². The van der Waals surface area contributed by atoms with Gasteiger partial charge in [0.15, 0.2) is 0 Å². The van der Waals surface area contributed by atoms with Gasteiger partial charge < -0.3 is 29.9 Å². The topological polar surface area (TPSA) is 117 Å². The van der Waals surface area contributed by atoms with E-state index in [1.807, 2.05) is 12.3 Å². The van der Waals surface area contributed by atoms with Crippen molar-refractivity contribution in [3.63, 3.8) is 0 Å². The van der Waals surface area contributed by atoms with Crippen LogP contribution < -0.4 is 15.5 Å². The van der Waals surface area contributed by atoms with Crippen LogP contribution in [0.4, 0.5) is 22.0 Å². The fourth-order valence-corrected chi connectivity index (χ4v) is 4.84. The Morgan fingerprint density at radius 1 is 1.27 bits per heavy atom. The van der Waals surface area contributed by atoms with E-state index in [1.165, 1.54) is 0 Å². The number of halogens is 1. The first-order chi connectivity index (χ1) is 17.9. The quantitative estimate of drug-likeness (QED) is 0.442. The fraction of sp³-hybridized carbons (Fsp3) is 0.538. The third kappa shape index (κ3) is 5.52.